The van der Waals surface area contributed by atoms with E-state index in [9.17, 15) is 22.4 Å². The van der Waals surface area contributed by atoms with E-state index in [2.05, 4.69) is 10.0 Å². The number of carbonyl (C=O) groups is 2. The maximum Gasteiger partial charge on any atom is 0.324 e. The first kappa shape index (κ1) is 22.7. The average molecular weight is 466 g/mol. The van der Waals surface area contributed by atoms with Gasteiger partial charge in [-0.3, -0.25) is 10.1 Å². The van der Waals surface area contributed by atoms with Gasteiger partial charge in [-0.1, -0.05) is 18.2 Å². The van der Waals surface area contributed by atoms with Gasteiger partial charge < -0.3 is 9.64 Å². The third-order valence-corrected chi connectivity index (χ3v) is 7.60. The van der Waals surface area contributed by atoms with Gasteiger partial charge in [0.15, 0.2) is 11.6 Å². The molecule has 2 saturated carbocycles. The van der Waals surface area contributed by atoms with Gasteiger partial charge in [-0.2, -0.15) is 0 Å². The molecule has 32 heavy (non-hydrogen) atoms. The fourth-order valence-electron chi connectivity index (χ4n) is 3.91. The van der Waals surface area contributed by atoms with Crippen LogP contribution in [-0.4, -0.2) is 50.7 Å². The molecule has 1 saturated heterocycles. The number of amides is 3. The third-order valence-electron chi connectivity index (χ3n) is 6.13. The summed E-state index contributed by atoms with van der Waals surface area (Å²) in [5.74, 6) is -0.231. The Morgan fingerprint density at radius 3 is 2.66 bits per heavy atom. The molecule has 1 aromatic rings. The molecule has 1 aliphatic heterocycles. The molecular formula is C22H28FN3O5S. The molecule has 0 bridgehead atoms. The standard InChI is InChI=1S/C22H28FN3O5S/c23-18-8-7-17(13-19(18)31-15-16-5-6-16)22(9-4-10-22)25-32(29,30)12-3-1-2-11-26-14-20(27)24-21(26)28/h1-2,7-8,13,16,25H,3-6,9-12,14-15H2,(H,24,27,28)/b2-1+. The largest absolute Gasteiger partial charge is 0.490 e. The van der Waals surface area contributed by atoms with Crippen molar-refractivity contribution >= 4 is 22.0 Å². The molecule has 3 aliphatic rings. The van der Waals surface area contributed by atoms with Gasteiger partial charge in [0.25, 0.3) is 0 Å². The van der Waals surface area contributed by atoms with Crippen LogP contribution >= 0.6 is 0 Å². The summed E-state index contributed by atoms with van der Waals surface area (Å²) in [6.45, 7) is 0.739. The maximum absolute atomic E-state index is 14.2. The van der Waals surface area contributed by atoms with Crippen molar-refractivity contribution in [2.24, 2.45) is 5.92 Å². The number of nitrogens with one attached hydrogen (secondary N) is 2. The van der Waals surface area contributed by atoms with Crippen LogP contribution in [0.2, 0.25) is 0 Å². The smallest absolute Gasteiger partial charge is 0.324 e. The van der Waals surface area contributed by atoms with Crippen LogP contribution in [-0.2, 0) is 20.4 Å². The Bertz CT molecular complexity index is 1020. The molecule has 1 heterocycles. The summed E-state index contributed by atoms with van der Waals surface area (Å²) >= 11 is 0. The highest BCUT2D eigenvalue weighted by molar-refractivity contribution is 7.89. The van der Waals surface area contributed by atoms with Gasteiger partial charge in [0.1, 0.15) is 6.54 Å². The number of nitrogens with zero attached hydrogens (tertiary/aromatic N) is 1. The van der Waals surface area contributed by atoms with Crippen molar-refractivity contribution in [2.45, 2.75) is 44.1 Å². The van der Waals surface area contributed by atoms with E-state index in [-0.39, 0.29) is 36.9 Å². The zero-order chi connectivity index (χ0) is 22.8. The number of carbonyl (C=O) groups excluding carboxylic acids is 2. The number of benzene rings is 1. The molecule has 4 rings (SSSR count). The number of urea groups is 1. The monoisotopic (exact) mass is 465 g/mol. The van der Waals surface area contributed by atoms with Gasteiger partial charge in [0, 0.05) is 6.54 Å². The molecule has 0 spiro atoms. The second-order valence-corrected chi connectivity index (χ2v) is 10.6. The number of allylic oxidation sites excluding steroid dienone is 1. The van der Waals surface area contributed by atoms with Crippen molar-refractivity contribution in [2.75, 3.05) is 25.4 Å². The Morgan fingerprint density at radius 1 is 1.25 bits per heavy atom. The number of rotatable bonds is 11. The number of sulfonamides is 1. The van der Waals surface area contributed by atoms with Crippen molar-refractivity contribution in [3.8, 4) is 5.75 Å². The van der Waals surface area contributed by atoms with Crippen LogP contribution < -0.4 is 14.8 Å². The Labute approximate surface area is 187 Å². The predicted octanol–water partition coefficient (Wildman–Crippen LogP) is 2.41. The number of hydrogen-bond donors (Lipinski definition) is 2. The summed E-state index contributed by atoms with van der Waals surface area (Å²) in [4.78, 5) is 24.0. The molecule has 2 aliphatic carbocycles. The third kappa shape index (κ3) is 5.47. The van der Waals surface area contributed by atoms with Gasteiger partial charge in [-0.25, -0.2) is 22.3 Å². The minimum absolute atomic E-state index is 0.00950. The lowest BCUT2D eigenvalue weighted by atomic mass is 9.73. The zero-order valence-electron chi connectivity index (χ0n) is 17.8. The fraction of sp³-hybridized carbons (Fsp3) is 0.545. The van der Waals surface area contributed by atoms with E-state index >= 15 is 0 Å². The second-order valence-electron chi connectivity index (χ2n) is 8.75. The first-order valence-corrected chi connectivity index (χ1v) is 12.6. The van der Waals surface area contributed by atoms with E-state index in [1.165, 1.54) is 11.0 Å². The molecule has 0 radical (unpaired) electrons. The summed E-state index contributed by atoms with van der Waals surface area (Å²) in [6.07, 6.45) is 8.01. The Morgan fingerprint density at radius 2 is 2.03 bits per heavy atom. The van der Waals surface area contributed by atoms with Crippen LogP contribution in [0.4, 0.5) is 9.18 Å². The second kappa shape index (κ2) is 9.19. The van der Waals surface area contributed by atoms with Gasteiger partial charge in [-0.15, -0.1) is 0 Å². The minimum atomic E-state index is -3.59. The first-order valence-electron chi connectivity index (χ1n) is 10.9. The number of ether oxygens (including phenoxy) is 1. The topological polar surface area (TPSA) is 105 Å². The van der Waals surface area contributed by atoms with Crippen LogP contribution in [0.25, 0.3) is 0 Å². The molecule has 8 nitrogen and oxygen atoms in total. The highest BCUT2D eigenvalue weighted by Crippen LogP contribution is 2.43. The quantitative estimate of drug-likeness (QED) is 0.386. The lowest BCUT2D eigenvalue weighted by Gasteiger charge is -2.42. The first-order chi connectivity index (χ1) is 15.3. The Kier molecular flexibility index (Phi) is 6.52. The van der Waals surface area contributed by atoms with Crippen LogP contribution in [0.3, 0.4) is 0 Å². The summed E-state index contributed by atoms with van der Waals surface area (Å²) in [7, 11) is -3.59. The number of halogens is 1. The molecule has 10 heteroatoms. The lowest BCUT2D eigenvalue weighted by Crippen LogP contribution is -2.51. The van der Waals surface area contributed by atoms with Crippen LogP contribution in [0.15, 0.2) is 30.4 Å². The summed E-state index contributed by atoms with van der Waals surface area (Å²) in [5.41, 5.74) is -0.0122. The van der Waals surface area contributed by atoms with Crippen LogP contribution in [0.1, 0.15) is 44.1 Å². The van der Waals surface area contributed by atoms with Crippen molar-refractivity contribution in [1.29, 1.82) is 0 Å². The summed E-state index contributed by atoms with van der Waals surface area (Å²) in [5, 5.41) is 2.19. The summed E-state index contributed by atoms with van der Waals surface area (Å²) in [6, 6.07) is 4.15. The average Bonchev–Trinajstić information content (AvgIpc) is 3.48. The van der Waals surface area contributed by atoms with E-state index < -0.39 is 27.4 Å². The Balaban J connectivity index is 1.33. The highest BCUT2D eigenvalue weighted by atomic mass is 32.2. The SMILES string of the molecule is O=C1CN(C/C=C/CCS(=O)(=O)NC2(c3ccc(F)c(OCC4CC4)c3)CCC2)C(=O)N1. The van der Waals surface area contributed by atoms with Gasteiger partial charge in [0.2, 0.25) is 15.9 Å². The Hall–Kier alpha value is -2.46. The van der Waals surface area contributed by atoms with Crippen LogP contribution in [0.5, 0.6) is 5.75 Å². The molecule has 0 unspecified atom stereocenters. The number of imide groups is 1. The van der Waals surface area contributed by atoms with E-state index in [1.54, 1.807) is 24.3 Å². The molecule has 0 atom stereocenters. The normalized spacial score (nSPS) is 20.5. The van der Waals surface area contributed by atoms with Crippen LogP contribution in [0, 0.1) is 11.7 Å². The minimum Gasteiger partial charge on any atom is -0.490 e. The van der Waals surface area contributed by atoms with Gasteiger partial charge in [0.05, 0.1) is 17.9 Å². The van der Waals surface area contributed by atoms with Gasteiger partial charge >= 0.3 is 6.03 Å². The van der Waals surface area contributed by atoms with Crippen molar-refractivity contribution in [1.82, 2.24) is 14.9 Å². The fourth-order valence-corrected chi connectivity index (χ4v) is 5.37. The molecule has 3 amide bonds. The highest BCUT2D eigenvalue weighted by Gasteiger charge is 2.42. The molecule has 0 aromatic heterocycles. The predicted molar refractivity (Wildman–Crippen MR) is 116 cm³/mol. The summed E-state index contributed by atoms with van der Waals surface area (Å²) < 4.78 is 48.1. The van der Waals surface area contributed by atoms with E-state index in [1.807, 2.05) is 0 Å². The molecule has 1 aromatic carbocycles. The van der Waals surface area contributed by atoms with E-state index in [0.29, 0.717) is 25.4 Å². The van der Waals surface area contributed by atoms with E-state index in [4.69, 9.17) is 4.74 Å². The zero-order valence-corrected chi connectivity index (χ0v) is 18.6. The van der Waals surface area contributed by atoms with Crippen molar-refractivity contribution in [3.63, 3.8) is 0 Å². The maximum atomic E-state index is 14.2. The molecule has 3 fully saturated rings. The van der Waals surface area contributed by atoms with E-state index in [0.717, 1.165) is 24.8 Å². The van der Waals surface area contributed by atoms with Crippen molar-refractivity contribution < 1.29 is 27.1 Å². The molecule has 174 valence electrons. The number of hydrogen-bond acceptors (Lipinski definition) is 5. The van der Waals surface area contributed by atoms with Crippen molar-refractivity contribution in [3.05, 3.63) is 41.7 Å². The molecule has 2 N–H and O–H groups in total. The molecular weight excluding hydrogens is 437 g/mol. The lowest BCUT2D eigenvalue weighted by molar-refractivity contribution is -0.118. The van der Waals surface area contributed by atoms with Gasteiger partial charge in [-0.05, 0) is 62.1 Å².